The van der Waals surface area contributed by atoms with Crippen LogP contribution < -0.4 is 0 Å². The normalized spacial score (nSPS) is 17.8. The number of aromatic nitrogens is 2. The van der Waals surface area contributed by atoms with Gasteiger partial charge in [-0.1, -0.05) is 19.1 Å². The van der Waals surface area contributed by atoms with Gasteiger partial charge in [0.1, 0.15) is 11.6 Å². The number of hydrogen-bond acceptors (Lipinski definition) is 3. The van der Waals surface area contributed by atoms with Crippen molar-refractivity contribution >= 4 is 5.97 Å². The third kappa shape index (κ3) is 2.05. The fourth-order valence-electron chi connectivity index (χ4n) is 2.75. The van der Waals surface area contributed by atoms with E-state index < -0.39 is 5.97 Å². The topological polar surface area (TPSA) is 75.3 Å². The number of nitrogens with zero attached hydrogens (tertiary/aromatic N) is 2. The zero-order chi connectivity index (χ0) is 14.3. The SMILES string of the molecule is CC1CCn2c(-c3cccc(O)c3)nc(C(=O)O)c2C1. The maximum Gasteiger partial charge on any atom is 0.356 e. The first-order valence-electron chi connectivity index (χ1n) is 6.68. The Balaban J connectivity index is 2.17. The van der Waals surface area contributed by atoms with Crippen LogP contribution >= 0.6 is 0 Å². The number of hydrogen-bond donors (Lipinski definition) is 2. The second-order valence-electron chi connectivity index (χ2n) is 5.34. The average molecular weight is 272 g/mol. The van der Waals surface area contributed by atoms with Gasteiger partial charge < -0.3 is 14.8 Å². The van der Waals surface area contributed by atoms with Crippen LogP contribution in [0, 0.1) is 5.92 Å². The largest absolute Gasteiger partial charge is 0.508 e. The molecule has 1 aliphatic heterocycles. The Bertz CT molecular complexity index is 676. The quantitative estimate of drug-likeness (QED) is 0.881. The van der Waals surface area contributed by atoms with Crippen molar-refractivity contribution in [2.24, 2.45) is 5.92 Å². The third-order valence-corrected chi connectivity index (χ3v) is 3.77. The minimum Gasteiger partial charge on any atom is -0.508 e. The molecule has 2 heterocycles. The number of carbonyl (C=O) groups is 1. The van der Waals surface area contributed by atoms with Crippen molar-refractivity contribution in [3.05, 3.63) is 35.7 Å². The fraction of sp³-hybridized carbons (Fsp3) is 0.333. The first-order valence-corrected chi connectivity index (χ1v) is 6.68. The van der Waals surface area contributed by atoms with Gasteiger partial charge in [-0.3, -0.25) is 0 Å². The van der Waals surface area contributed by atoms with Crippen molar-refractivity contribution in [1.82, 2.24) is 9.55 Å². The zero-order valence-corrected chi connectivity index (χ0v) is 11.2. The van der Waals surface area contributed by atoms with Crippen LogP contribution in [0.2, 0.25) is 0 Å². The summed E-state index contributed by atoms with van der Waals surface area (Å²) in [7, 11) is 0. The molecule has 1 aromatic heterocycles. The lowest BCUT2D eigenvalue weighted by Crippen LogP contribution is -2.19. The van der Waals surface area contributed by atoms with E-state index in [1.807, 2.05) is 10.6 Å². The van der Waals surface area contributed by atoms with Gasteiger partial charge in [0, 0.05) is 12.1 Å². The zero-order valence-electron chi connectivity index (χ0n) is 11.2. The molecule has 0 bridgehead atoms. The molecule has 2 aromatic rings. The highest BCUT2D eigenvalue weighted by molar-refractivity contribution is 5.88. The molecular weight excluding hydrogens is 256 g/mol. The minimum atomic E-state index is -0.991. The molecule has 3 rings (SSSR count). The Hall–Kier alpha value is -2.30. The molecule has 0 aliphatic carbocycles. The number of fused-ring (bicyclic) bond motifs is 1. The predicted molar refractivity (Wildman–Crippen MR) is 73.8 cm³/mol. The van der Waals surface area contributed by atoms with Gasteiger partial charge in [-0.05, 0) is 30.9 Å². The van der Waals surface area contributed by atoms with Crippen molar-refractivity contribution in [1.29, 1.82) is 0 Å². The molecule has 20 heavy (non-hydrogen) atoms. The third-order valence-electron chi connectivity index (χ3n) is 3.77. The van der Waals surface area contributed by atoms with Crippen LogP contribution in [0.25, 0.3) is 11.4 Å². The van der Waals surface area contributed by atoms with Crippen LogP contribution in [-0.2, 0) is 13.0 Å². The Kier molecular flexibility index (Phi) is 2.97. The summed E-state index contributed by atoms with van der Waals surface area (Å²) < 4.78 is 1.97. The van der Waals surface area contributed by atoms with Crippen LogP contribution in [0.15, 0.2) is 24.3 Å². The second kappa shape index (κ2) is 4.67. The lowest BCUT2D eigenvalue weighted by atomic mass is 9.97. The maximum atomic E-state index is 11.4. The van der Waals surface area contributed by atoms with Crippen LogP contribution in [0.3, 0.4) is 0 Å². The Morgan fingerprint density at radius 3 is 2.95 bits per heavy atom. The lowest BCUT2D eigenvalue weighted by molar-refractivity contribution is 0.0689. The van der Waals surface area contributed by atoms with Crippen molar-refractivity contribution in [2.75, 3.05) is 0 Å². The highest BCUT2D eigenvalue weighted by Crippen LogP contribution is 2.30. The van der Waals surface area contributed by atoms with E-state index in [4.69, 9.17) is 0 Å². The molecule has 5 heteroatoms. The standard InChI is InChI=1S/C15H16N2O3/c1-9-5-6-17-12(7-9)13(15(19)20)16-14(17)10-3-2-4-11(18)8-10/h2-4,8-9,18H,5-7H2,1H3,(H,19,20). The van der Waals surface area contributed by atoms with E-state index in [0.29, 0.717) is 11.7 Å². The predicted octanol–water partition coefficient (Wildman–Crippen LogP) is 2.54. The number of carboxylic acids is 1. The summed E-state index contributed by atoms with van der Waals surface area (Å²) in [5.74, 6) is 0.254. The molecule has 0 radical (unpaired) electrons. The molecule has 0 fully saturated rings. The van der Waals surface area contributed by atoms with Gasteiger partial charge >= 0.3 is 5.97 Å². The van der Waals surface area contributed by atoms with Crippen LogP contribution in [0.1, 0.15) is 29.5 Å². The van der Waals surface area contributed by atoms with Crippen LogP contribution in [-0.4, -0.2) is 25.7 Å². The molecule has 1 unspecified atom stereocenters. The van der Waals surface area contributed by atoms with Crippen LogP contribution in [0.4, 0.5) is 0 Å². The monoisotopic (exact) mass is 272 g/mol. The number of rotatable bonds is 2. The molecule has 0 saturated heterocycles. The van der Waals surface area contributed by atoms with Gasteiger partial charge in [0.25, 0.3) is 0 Å². The van der Waals surface area contributed by atoms with Crippen molar-refractivity contribution in [3.8, 4) is 17.1 Å². The summed E-state index contributed by atoms with van der Waals surface area (Å²) in [4.78, 5) is 15.7. The van der Waals surface area contributed by atoms with E-state index >= 15 is 0 Å². The number of benzene rings is 1. The highest BCUT2D eigenvalue weighted by Gasteiger charge is 2.27. The fourth-order valence-corrected chi connectivity index (χ4v) is 2.75. The molecule has 0 spiro atoms. The van der Waals surface area contributed by atoms with Gasteiger partial charge in [0.2, 0.25) is 0 Å². The van der Waals surface area contributed by atoms with Gasteiger partial charge in [-0.2, -0.15) is 0 Å². The summed E-state index contributed by atoms with van der Waals surface area (Å²) >= 11 is 0. The molecule has 2 N–H and O–H groups in total. The summed E-state index contributed by atoms with van der Waals surface area (Å²) in [5, 5.41) is 18.9. The number of aromatic carboxylic acids is 1. The summed E-state index contributed by atoms with van der Waals surface area (Å²) in [6, 6.07) is 6.76. The molecular formula is C15H16N2O3. The van der Waals surface area contributed by atoms with Gasteiger partial charge in [0.15, 0.2) is 5.69 Å². The van der Waals surface area contributed by atoms with E-state index in [-0.39, 0.29) is 11.4 Å². The highest BCUT2D eigenvalue weighted by atomic mass is 16.4. The Morgan fingerprint density at radius 1 is 1.45 bits per heavy atom. The Morgan fingerprint density at radius 2 is 2.25 bits per heavy atom. The molecule has 1 atom stereocenters. The van der Waals surface area contributed by atoms with E-state index in [0.717, 1.165) is 30.6 Å². The molecule has 1 aliphatic rings. The number of phenols is 1. The van der Waals surface area contributed by atoms with Gasteiger partial charge in [-0.15, -0.1) is 0 Å². The Labute approximate surface area is 116 Å². The average Bonchev–Trinajstić information content (AvgIpc) is 2.77. The van der Waals surface area contributed by atoms with E-state index in [1.165, 1.54) is 0 Å². The molecule has 1 aromatic carbocycles. The van der Waals surface area contributed by atoms with E-state index in [2.05, 4.69) is 11.9 Å². The number of phenolic OH excluding ortho intramolecular Hbond substituents is 1. The molecule has 5 nitrogen and oxygen atoms in total. The molecule has 0 saturated carbocycles. The summed E-state index contributed by atoms with van der Waals surface area (Å²) in [6.45, 7) is 2.89. The maximum absolute atomic E-state index is 11.4. The van der Waals surface area contributed by atoms with Crippen molar-refractivity contribution < 1.29 is 15.0 Å². The first kappa shape index (κ1) is 12.7. The lowest BCUT2D eigenvalue weighted by Gasteiger charge is -2.22. The molecule has 104 valence electrons. The van der Waals surface area contributed by atoms with E-state index in [9.17, 15) is 15.0 Å². The molecule has 0 amide bonds. The summed E-state index contributed by atoms with van der Waals surface area (Å²) in [5.41, 5.74) is 1.66. The van der Waals surface area contributed by atoms with Gasteiger partial charge in [0.05, 0.1) is 5.69 Å². The smallest absolute Gasteiger partial charge is 0.356 e. The minimum absolute atomic E-state index is 0.134. The number of aromatic hydroxyl groups is 1. The summed E-state index contributed by atoms with van der Waals surface area (Å²) in [6.07, 6.45) is 1.74. The van der Waals surface area contributed by atoms with Crippen molar-refractivity contribution in [3.63, 3.8) is 0 Å². The second-order valence-corrected chi connectivity index (χ2v) is 5.34. The number of carboxylic acid groups (broad SMARTS) is 1. The van der Waals surface area contributed by atoms with E-state index in [1.54, 1.807) is 18.2 Å². The van der Waals surface area contributed by atoms with Gasteiger partial charge in [-0.25, -0.2) is 9.78 Å². The number of imidazole rings is 1. The first-order chi connectivity index (χ1) is 9.56. The van der Waals surface area contributed by atoms with Crippen LogP contribution in [0.5, 0.6) is 5.75 Å². The van der Waals surface area contributed by atoms with Crippen molar-refractivity contribution in [2.45, 2.75) is 26.3 Å².